The Balaban J connectivity index is 1.70. The number of benzene rings is 2. The first-order valence-electron chi connectivity index (χ1n) is 11.0. The zero-order chi connectivity index (χ0) is 21.6. The van der Waals surface area contributed by atoms with Crippen molar-refractivity contribution in [1.29, 1.82) is 0 Å². The van der Waals surface area contributed by atoms with Crippen LogP contribution < -0.4 is 23.7 Å². The van der Waals surface area contributed by atoms with E-state index in [1.807, 2.05) is 0 Å². The Hall–Kier alpha value is -2.60. The summed E-state index contributed by atoms with van der Waals surface area (Å²) in [6.45, 7) is 2.21. The molecule has 1 unspecified atom stereocenters. The summed E-state index contributed by atoms with van der Waals surface area (Å²) in [6, 6.07) is 8.65. The van der Waals surface area contributed by atoms with E-state index in [9.17, 15) is 0 Å². The lowest BCUT2D eigenvalue weighted by atomic mass is 9.70. The normalized spacial score (nSPS) is 21.6. The van der Waals surface area contributed by atoms with Gasteiger partial charge >= 0.3 is 0 Å². The summed E-state index contributed by atoms with van der Waals surface area (Å²) in [5.74, 6) is 3.67. The van der Waals surface area contributed by atoms with E-state index in [4.69, 9.17) is 23.7 Å². The molecule has 3 aliphatic rings. The number of nitrogens with zero attached hydrogens (tertiary/aromatic N) is 1. The van der Waals surface area contributed by atoms with Gasteiger partial charge in [-0.2, -0.15) is 0 Å². The summed E-state index contributed by atoms with van der Waals surface area (Å²) in [7, 11) is 7.17. The van der Waals surface area contributed by atoms with Crippen molar-refractivity contribution in [2.24, 2.45) is 0 Å². The van der Waals surface area contributed by atoms with Gasteiger partial charge in [-0.15, -0.1) is 0 Å². The summed E-state index contributed by atoms with van der Waals surface area (Å²) >= 11 is 0. The maximum absolute atomic E-state index is 5.97. The van der Waals surface area contributed by atoms with Gasteiger partial charge in [0.25, 0.3) is 0 Å². The highest BCUT2D eigenvalue weighted by molar-refractivity contribution is 5.59. The maximum Gasteiger partial charge on any atom is 0.203 e. The zero-order valence-corrected chi connectivity index (χ0v) is 18.8. The number of likely N-dealkylation sites (N-methyl/N-ethyl adjacent to an activating group) is 1. The molecule has 0 radical (unpaired) electrons. The molecule has 1 spiro atoms. The van der Waals surface area contributed by atoms with Crippen LogP contribution in [-0.2, 0) is 5.41 Å². The highest BCUT2D eigenvalue weighted by Gasteiger charge is 2.45. The number of hydrogen-bond acceptors (Lipinski definition) is 6. The van der Waals surface area contributed by atoms with Crippen LogP contribution in [-0.4, -0.2) is 53.0 Å². The standard InChI is InChI=1S/C25H31NO5/c1-26-15-25(7-5-6-8-25)18-14-20-19(30-9-10-31-20)13-17(18)23(26)16-11-21(27-2)24(29-4)22(12-16)28-3/h11-14,23H,5-10,15H2,1-4H3. The molecule has 0 bridgehead atoms. The number of methoxy groups -OCH3 is 3. The molecular formula is C25H31NO5. The number of fused-ring (bicyclic) bond motifs is 3. The quantitative estimate of drug-likeness (QED) is 0.727. The second kappa shape index (κ2) is 7.83. The predicted molar refractivity (Wildman–Crippen MR) is 118 cm³/mol. The molecular weight excluding hydrogens is 394 g/mol. The monoisotopic (exact) mass is 425 g/mol. The molecule has 2 aliphatic heterocycles. The molecule has 2 aromatic carbocycles. The molecule has 2 heterocycles. The first-order valence-corrected chi connectivity index (χ1v) is 11.0. The minimum Gasteiger partial charge on any atom is -0.493 e. The van der Waals surface area contributed by atoms with E-state index in [0.717, 1.165) is 23.6 Å². The van der Waals surface area contributed by atoms with Crippen LogP contribution in [0, 0.1) is 0 Å². The molecule has 6 nitrogen and oxygen atoms in total. The molecule has 1 atom stereocenters. The Kier molecular flexibility index (Phi) is 5.13. The molecule has 0 aromatic heterocycles. The second-order valence-electron chi connectivity index (χ2n) is 8.85. The fourth-order valence-corrected chi connectivity index (χ4v) is 5.85. The van der Waals surface area contributed by atoms with Crippen LogP contribution in [0.1, 0.15) is 48.4 Å². The molecule has 2 aromatic rings. The lowest BCUT2D eigenvalue weighted by Gasteiger charge is -2.46. The van der Waals surface area contributed by atoms with Gasteiger partial charge in [0.1, 0.15) is 13.2 Å². The lowest BCUT2D eigenvalue weighted by Crippen LogP contribution is -2.45. The molecule has 0 saturated heterocycles. The molecule has 1 aliphatic carbocycles. The van der Waals surface area contributed by atoms with Crippen LogP contribution in [0.2, 0.25) is 0 Å². The van der Waals surface area contributed by atoms with Crippen molar-refractivity contribution in [3.63, 3.8) is 0 Å². The molecule has 5 rings (SSSR count). The minimum absolute atomic E-state index is 0.0609. The Morgan fingerprint density at radius 2 is 1.48 bits per heavy atom. The maximum atomic E-state index is 5.97. The first-order chi connectivity index (χ1) is 15.1. The zero-order valence-electron chi connectivity index (χ0n) is 18.8. The van der Waals surface area contributed by atoms with Crippen LogP contribution in [0.4, 0.5) is 0 Å². The largest absolute Gasteiger partial charge is 0.493 e. The van der Waals surface area contributed by atoms with Gasteiger partial charge in [0.2, 0.25) is 5.75 Å². The smallest absolute Gasteiger partial charge is 0.203 e. The summed E-state index contributed by atoms with van der Waals surface area (Å²) in [5, 5.41) is 0. The van der Waals surface area contributed by atoms with Crippen molar-refractivity contribution in [3.8, 4) is 28.7 Å². The van der Waals surface area contributed by atoms with Crippen LogP contribution in [0.5, 0.6) is 28.7 Å². The third-order valence-electron chi connectivity index (χ3n) is 7.14. The third kappa shape index (κ3) is 3.19. The Labute approximate surface area is 184 Å². The Morgan fingerprint density at radius 1 is 0.871 bits per heavy atom. The average molecular weight is 426 g/mol. The van der Waals surface area contributed by atoms with Crippen molar-refractivity contribution in [3.05, 3.63) is 41.0 Å². The number of rotatable bonds is 4. The Bertz CT molecular complexity index is 957. The molecule has 6 heteroatoms. The lowest BCUT2D eigenvalue weighted by molar-refractivity contribution is 0.161. The molecule has 0 N–H and O–H groups in total. The second-order valence-corrected chi connectivity index (χ2v) is 8.85. The highest BCUT2D eigenvalue weighted by atomic mass is 16.6. The van der Waals surface area contributed by atoms with Crippen molar-refractivity contribution < 1.29 is 23.7 Å². The van der Waals surface area contributed by atoms with Crippen molar-refractivity contribution in [1.82, 2.24) is 4.90 Å². The summed E-state index contributed by atoms with van der Waals surface area (Å²) in [4.78, 5) is 2.46. The van der Waals surface area contributed by atoms with Crippen LogP contribution in [0.3, 0.4) is 0 Å². The van der Waals surface area contributed by atoms with Crippen LogP contribution in [0.25, 0.3) is 0 Å². The van der Waals surface area contributed by atoms with Crippen LogP contribution >= 0.6 is 0 Å². The predicted octanol–water partition coefficient (Wildman–Crippen LogP) is 4.33. The van der Waals surface area contributed by atoms with Crippen molar-refractivity contribution in [2.45, 2.75) is 37.1 Å². The molecule has 0 amide bonds. The van der Waals surface area contributed by atoms with Gasteiger partial charge in [0.05, 0.1) is 27.4 Å². The van der Waals surface area contributed by atoms with E-state index >= 15 is 0 Å². The number of ether oxygens (including phenoxy) is 5. The summed E-state index contributed by atoms with van der Waals surface area (Å²) in [5.41, 5.74) is 3.99. The SMILES string of the molecule is COc1cc(C2c3cc4c(cc3C3(CCCC3)CN2C)OCCO4)cc(OC)c1OC. The van der Waals surface area contributed by atoms with Gasteiger partial charge in [-0.1, -0.05) is 12.8 Å². The summed E-state index contributed by atoms with van der Waals surface area (Å²) in [6.07, 6.45) is 4.98. The fraction of sp³-hybridized carbons (Fsp3) is 0.520. The highest BCUT2D eigenvalue weighted by Crippen LogP contribution is 2.54. The molecule has 1 saturated carbocycles. The van der Waals surface area contributed by atoms with E-state index in [0.29, 0.717) is 30.5 Å². The van der Waals surface area contributed by atoms with E-state index in [1.54, 1.807) is 21.3 Å². The fourth-order valence-electron chi connectivity index (χ4n) is 5.85. The van der Waals surface area contributed by atoms with Gasteiger partial charge in [0.15, 0.2) is 23.0 Å². The van der Waals surface area contributed by atoms with Gasteiger partial charge in [-0.05, 0) is 60.8 Å². The van der Waals surface area contributed by atoms with E-state index < -0.39 is 0 Å². The summed E-state index contributed by atoms with van der Waals surface area (Å²) < 4.78 is 28.8. The third-order valence-corrected chi connectivity index (χ3v) is 7.14. The van der Waals surface area contributed by atoms with Crippen molar-refractivity contribution >= 4 is 0 Å². The minimum atomic E-state index is 0.0609. The van der Waals surface area contributed by atoms with E-state index in [2.05, 4.69) is 36.2 Å². The topological polar surface area (TPSA) is 49.4 Å². The van der Waals surface area contributed by atoms with Crippen molar-refractivity contribution in [2.75, 3.05) is 48.1 Å². The Morgan fingerprint density at radius 3 is 2.06 bits per heavy atom. The van der Waals surface area contributed by atoms with Gasteiger partial charge in [-0.3, -0.25) is 4.90 Å². The molecule has 1 fully saturated rings. The molecule has 31 heavy (non-hydrogen) atoms. The number of hydrogen-bond donors (Lipinski definition) is 0. The molecule has 166 valence electrons. The first kappa shape index (κ1) is 20.3. The van der Waals surface area contributed by atoms with Crippen LogP contribution in [0.15, 0.2) is 24.3 Å². The van der Waals surface area contributed by atoms with E-state index in [1.165, 1.54) is 36.8 Å². The van der Waals surface area contributed by atoms with E-state index in [-0.39, 0.29) is 11.5 Å². The van der Waals surface area contributed by atoms with Gasteiger partial charge in [-0.25, -0.2) is 0 Å². The van der Waals surface area contributed by atoms with Gasteiger partial charge < -0.3 is 23.7 Å². The van der Waals surface area contributed by atoms with Gasteiger partial charge in [0, 0.05) is 12.0 Å². The average Bonchev–Trinajstić information content (AvgIpc) is 3.26.